The highest BCUT2D eigenvalue weighted by molar-refractivity contribution is 5.89. The van der Waals surface area contributed by atoms with Crippen LogP contribution in [0.25, 0.3) is 22.3 Å². The van der Waals surface area contributed by atoms with Crippen molar-refractivity contribution in [3.8, 4) is 22.3 Å². The lowest BCUT2D eigenvalue weighted by atomic mass is 9.90. The van der Waals surface area contributed by atoms with Gasteiger partial charge in [-0.3, -0.25) is 9.97 Å². The van der Waals surface area contributed by atoms with Crippen molar-refractivity contribution >= 4 is 6.09 Å². The van der Waals surface area contributed by atoms with Crippen LogP contribution >= 0.6 is 0 Å². The van der Waals surface area contributed by atoms with Crippen molar-refractivity contribution in [2.24, 2.45) is 0 Å². The second-order valence-electron chi connectivity index (χ2n) is 9.73. The van der Waals surface area contributed by atoms with Crippen LogP contribution in [0.1, 0.15) is 56.5 Å². The van der Waals surface area contributed by atoms with E-state index in [0.717, 1.165) is 30.7 Å². The van der Waals surface area contributed by atoms with Gasteiger partial charge in [0.15, 0.2) is 0 Å². The molecule has 0 bridgehead atoms. The molecule has 5 heteroatoms. The predicted molar refractivity (Wildman–Crippen MR) is 125 cm³/mol. The molecule has 3 aromatic rings. The summed E-state index contributed by atoms with van der Waals surface area (Å²) in [4.78, 5) is 23.6. The van der Waals surface area contributed by atoms with Crippen LogP contribution < -0.4 is 0 Å². The molecule has 0 spiro atoms. The minimum Gasteiger partial charge on any atom is -0.444 e. The zero-order valence-corrected chi connectivity index (χ0v) is 19.0. The van der Waals surface area contributed by atoms with E-state index in [4.69, 9.17) is 9.72 Å². The molecule has 2 aromatic heterocycles. The highest BCUT2D eigenvalue weighted by atomic mass is 16.6. The highest BCUT2D eigenvalue weighted by Gasteiger charge is 2.28. The van der Waals surface area contributed by atoms with Crippen LogP contribution in [0.2, 0.25) is 0 Å². The lowest BCUT2D eigenvalue weighted by Gasteiger charge is -2.33. The Morgan fingerprint density at radius 2 is 1.75 bits per heavy atom. The standard InChI is InChI=1S/C27H29N3O2/c1-27(2,3)32-26(31)30-14-10-18(11-15-30)23-16-20(8-12-28-23)22-9-13-29-24-17-19-6-4-5-7-21(19)25(22)24/h4-9,12-13,16,18H,10-11,14-15,17H2,1-3H3. The van der Waals surface area contributed by atoms with Gasteiger partial charge in [-0.1, -0.05) is 24.3 Å². The Labute approximate surface area is 189 Å². The van der Waals surface area contributed by atoms with Gasteiger partial charge in [-0.05, 0) is 74.1 Å². The lowest BCUT2D eigenvalue weighted by molar-refractivity contribution is 0.0204. The maximum absolute atomic E-state index is 12.4. The number of hydrogen-bond acceptors (Lipinski definition) is 4. The van der Waals surface area contributed by atoms with E-state index in [0.29, 0.717) is 19.0 Å². The number of rotatable bonds is 2. The number of benzene rings is 1. The maximum Gasteiger partial charge on any atom is 0.410 e. The topological polar surface area (TPSA) is 55.3 Å². The molecule has 32 heavy (non-hydrogen) atoms. The van der Waals surface area contributed by atoms with Gasteiger partial charge in [-0.25, -0.2) is 4.79 Å². The number of carbonyl (C=O) groups excluding carboxylic acids is 1. The Bertz CT molecular complexity index is 1160. The van der Waals surface area contributed by atoms with E-state index < -0.39 is 5.60 Å². The van der Waals surface area contributed by atoms with Crippen molar-refractivity contribution in [3.05, 3.63) is 71.8 Å². The average Bonchev–Trinajstić information content (AvgIpc) is 3.17. The lowest BCUT2D eigenvalue weighted by Crippen LogP contribution is -2.41. The van der Waals surface area contributed by atoms with Crippen molar-refractivity contribution in [1.29, 1.82) is 0 Å². The van der Waals surface area contributed by atoms with Crippen LogP contribution in [0.4, 0.5) is 4.79 Å². The van der Waals surface area contributed by atoms with E-state index in [1.807, 2.05) is 38.1 Å². The fourth-order valence-corrected chi connectivity index (χ4v) is 4.80. The first kappa shape index (κ1) is 20.7. The number of ether oxygens (including phenoxy) is 1. The molecule has 0 N–H and O–H groups in total. The van der Waals surface area contributed by atoms with Gasteiger partial charge in [0.25, 0.3) is 0 Å². The Morgan fingerprint density at radius 1 is 1.00 bits per heavy atom. The van der Waals surface area contributed by atoms with Crippen molar-refractivity contribution in [1.82, 2.24) is 14.9 Å². The summed E-state index contributed by atoms with van der Waals surface area (Å²) in [5, 5.41) is 0. The molecule has 0 saturated carbocycles. The number of nitrogens with zero attached hydrogens (tertiary/aromatic N) is 3. The second kappa shape index (κ2) is 8.05. The van der Waals surface area contributed by atoms with Crippen LogP contribution in [0.15, 0.2) is 54.9 Å². The third-order valence-corrected chi connectivity index (χ3v) is 6.33. The van der Waals surface area contributed by atoms with Crippen LogP contribution in [0, 0.1) is 0 Å². The Morgan fingerprint density at radius 3 is 2.53 bits per heavy atom. The molecule has 1 amide bonds. The van der Waals surface area contributed by atoms with Gasteiger partial charge < -0.3 is 9.64 Å². The Balaban J connectivity index is 1.37. The van der Waals surface area contributed by atoms with E-state index in [9.17, 15) is 4.79 Å². The number of aromatic nitrogens is 2. The fraction of sp³-hybridized carbons (Fsp3) is 0.370. The van der Waals surface area contributed by atoms with Gasteiger partial charge in [-0.2, -0.15) is 0 Å². The van der Waals surface area contributed by atoms with Crippen LogP contribution in [0.3, 0.4) is 0 Å². The van der Waals surface area contributed by atoms with E-state index in [2.05, 4.69) is 47.4 Å². The molecule has 1 aliphatic carbocycles. The van der Waals surface area contributed by atoms with Crippen molar-refractivity contribution in [2.75, 3.05) is 13.1 Å². The minimum atomic E-state index is -0.465. The number of amides is 1. The van der Waals surface area contributed by atoms with Crippen molar-refractivity contribution in [2.45, 2.75) is 51.6 Å². The molecule has 3 heterocycles. The maximum atomic E-state index is 12.4. The summed E-state index contributed by atoms with van der Waals surface area (Å²) in [6.07, 6.45) is 6.29. The SMILES string of the molecule is CC(C)(C)OC(=O)N1CCC(c2cc(-c3ccnc4c3-c3ccccc3C4)ccn2)CC1. The summed E-state index contributed by atoms with van der Waals surface area (Å²) in [5.74, 6) is 0.343. The summed E-state index contributed by atoms with van der Waals surface area (Å²) >= 11 is 0. The normalized spacial score (nSPS) is 15.9. The third kappa shape index (κ3) is 3.99. The molecule has 164 valence electrons. The van der Waals surface area contributed by atoms with E-state index >= 15 is 0 Å². The Hall–Kier alpha value is -3.21. The summed E-state index contributed by atoms with van der Waals surface area (Å²) in [5.41, 5.74) is 8.05. The second-order valence-corrected chi connectivity index (χ2v) is 9.73. The molecule has 1 aromatic carbocycles. The molecular weight excluding hydrogens is 398 g/mol. The quantitative estimate of drug-likeness (QED) is 0.404. The summed E-state index contributed by atoms with van der Waals surface area (Å²) in [6.45, 7) is 7.11. The minimum absolute atomic E-state index is 0.219. The molecule has 1 aliphatic heterocycles. The van der Waals surface area contributed by atoms with Gasteiger partial charge in [-0.15, -0.1) is 0 Å². The largest absolute Gasteiger partial charge is 0.444 e. The molecule has 5 rings (SSSR count). The van der Waals surface area contributed by atoms with Crippen LogP contribution in [-0.2, 0) is 11.2 Å². The van der Waals surface area contributed by atoms with Gasteiger partial charge in [0.1, 0.15) is 5.60 Å². The average molecular weight is 428 g/mol. The molecule has 0 radical (unpaired) electrons. The summed E-state index contributed by atoms with van der Waals surface area (Å²) in [7, 11) is 0. The number of hydrogen-bond donors (Lipinski definition) is 0. The molecule has 0 atom stereocenters. The summed E-state index contributed by atoms with van der Waals surface area (Å²) < 4.78 is 5.53. The molecule has 0 unspecified atom stereocenters. The molecular formula is C27H29N3O2. The van der Waals surface area contributed by atoms with E-state index in [1.54, 1.807) is 0 Å². The molecule has 1 saturated heterocycles. The molecule has 5 nitrogen and oxygen atoms in total. The first-order valence-corrected chi connectivity index (χ1v) is 11.4. The van der Waals surface area contributed by atoms with Gasteiger partial charge in [0, 0.05) is 49.1 Å². The number of pyridine rings is 2. The first-order valence-electron chi connectivity index (χ1n) is 11.4. The number of carbonyl (C=O) groups is 1. The van der Waals surface area contributed by atoms with E-state index in [-0.39, 0.29) is 6.09 Å². The van der Waals surface area contributed by atoms with Gasteiger partial charge >= 0.3 is 6.09 Å². The zero-order valence-electron chi connectivity index (χ0n) is 19.0. The van der Waals surface area contributed by atoms with Crippen LogP contribution in [-0.4, -0.2) is 39.7 Å². The zero-order chi connectivity index (χ0) is 22.3. The first-order chi connectivity index (χ1) is 15.4. The van der Waals surface area contributed by atoms with Gasteiger partial charge in [0.2, 0.25) is 0 Å². The number of piperidine rings is 1. The van der Waals surface area contributed by atoms with Crippen LogP contribution in [0.5, 0.6) is 0 Å². The predicted octanol–water partition coefficient (Wildman–Crippen LogP) is 5.83. The highest BCUT2D eigenvalue weighted by Crippen LogP contribution is 2.42. The smallest absolute Gasteiger partial charge is 0.410 e. The fourth-order valence-electron chi connectivity index (χ4n) is 4.80. The number of fused-ring (bicyclic) bond motifs is 3. The molecule has 1 fully saturated rings. The molecule has 2 aliphatic rings. The van der Waals surface area contributed by atoms with E-state index in [1.165, 1.54) is 27.8 Å². The number of likely N-dealkylation sites (tertiary alicyclic amines) is 1. The third-order valence-electron chi connectivity index (χ3n) is 6.33. The Kier molecular flexibility index (Phi) is 5.20. The monoisotopic (exact) mass is 427 g/mol. The summed E-state index contributed by atoms with van der Waals surface area (Å²) in [6, 6.07) is 15.0. The van der Waals surface area contributed by atoms with Crippen molar-refractivity contribution in [3.63, 3.8) is 0 Å². The van der Waals surface area contributed by atoms with Gasteiger partial charge in [0.05, 0.1) is 5.69 Å². The van der Waals surface area contributed by atoms with Crippen molar-refractivity contribution < 1.29 is 9.53 Å².